The maximum absolute atomic E-state index is 11.4. The highest BCUT2D eigenvalue weighted by Crippen LogP contribution is 2.51. The summed E-state index contributed by atoms with van der Waals surface area (Å²) in [5, 5.41) is 18.7. The van der Waals surface area contributed by atoms with E-state index in [0.29, 0.717) is 22.6 Å². The first-order chi connectivity index (χ1) is 10.5. The molecule has 0 saturated carbocycles. The molecule has 0 amide bonds. The highest BCUT2D eigenvalue weighted by molar-refractivity contribution is 5.78. The van der Waals surface area contributed by atoms with Crippen LogP contribution in [0, 0.1) is 0 Å². The largest absolute Gasteiger partial charge is 0.481 e. The average Bonchev–Trinajstić information content (AvgIpc) is 2.46. The van der Waals surface area contributed by atoms with Gasteiger partial charge < -0.3 is 14.9 Å². The molecule has 0 radical (unpaired) electrons. The van der Waals surface area contributed by atoms with E-state index < -0.39 is 17.4 Å². The van der Waals surface area contributed by atoms with Gasteiger partial charge in [-0.15, -0.1) is 0 Å². The van der Waals surface area contributed by atoms with Crippen LogP contribution in [-0.4, -0.2) is 22.2 Å². The maximum Gasteiger partial charge on any atom is 0.304 e. The van der Waals surface area contributed by atoms with Crippen LogP contribution in [0.25, 0.3) is 0 Å². The summed E-state index contributed by atoms with van der Waals surface area (Å²) < 4.78 is 5.81. The molecule has 0 aliphatic carbocycles. The van der Waals surface area contributed by atoms with Crippen LogP contribution in [0.2, 0.25) is 0 Å². The molecule has 112 valence electrons. The van der Waals surface area contributed by atoms with Gasteiger partial charge in [-0.2, -0.15) is 0 Å². The Kier molecular flexibility index (Phi) is 3.33. The lowest BCUT2D eigenvalue weighted by Crippen LogP contribution is -2.36. The Hall–Kier alpha value is -2.82. The Morgan fingerprint density at radius 2 is 1.23 bits per heavy atom. The van der Waals surface area contributed by atoms with Gasteiger partial charge in [-0.3, -0.25) is 9.59 Å². The third kappa shape index (κ3) is 2.20. The number of hydrogen-bond donors (Lipinski definition) is 2. The molecule has 0 spiro atoms. The monoisotopic (exact) mass is 298 g/mol. The summed E-state index contributed by atoms with van der Waals surface area (Å²) in [5.41, 5.74) is 0.0559. The van der Waals surface area contributed by atoms with Crippen molar-refractivity contribution in [1.82, 2.24) is 0 Å². The predicted molar refractivity (Wildman–Crippen MR) is 78.2 cm³/mol. The van der Waals surface area contributed by atoms with Gasteiger partial charge in [0.05, 0.1) is 12.8 Å². The fourth-order valence-electron chi connectivity index (χ4n) is 3.13. The molecule has 22 heavy (non-hydrogen) atoms. The minimum atomic E-state index is -1.14. The van der Waals surface area contributed by atoms with E-state index in [1.807, 2.05) is 0 Å². The van der Waals surface area contributed by atoms with Gasteiger partial charge in [0.2, 0.25) is 0 Å². The molecule has 1 aliphatic heterocycles. The lowest BCUT2D eigenvalue weighted by Gasteiger charge is -2.38. The molecule has 2 aromatic rings. The van der Waals surface area contributed by atoms with Crippen molar-refractivity contribution in [3.63, 3.8) is 0 Å². The lowest BCUT2D eigenvalue weighted by atomic mass is 9.68. The summed E-state index contributed by atoms with van der Waals surface area (Å²) in [5.74, 6) is -1.09. The van der Waals surface area contributed by atoms with Crippen molar-refractivity contribution >= 4 is 11.9 Å². The molecule has 0 fully saturated rings. The van der Waals surface area contributed by atoms with Crippen LogP contribution in [-0.2, 0) is 15.0 Å². The van der Waals surface area contributed by atoms with Crippen molar-refractivity contribution in [1.29, 1.82) is 0 Å². The van der Waals surface area contributed by atoms with Crippen LogP contribution in [0.15, 0.2) is 48.5 Å². The van der Waals surface area contributed by atoms with Crippen LogP contribution >= 0.6 is 0 Å². The van der Waals surface area contributed by atoms with Crippen molar-refractivity contribution in [3.05, 3.63) is 59.7 Å². The topological polar surface area (TPSA) is 83.8 Å². The van der Waals surface area contributed by atoms with E-state index in [1.54, 1.807) is 48.5 Å². The molecule has 3 rings (SSSR count). The van der Waals surface area contributed by atoms with Crippen molar-refractivity contribution < 1.29 is 24.5 Å². The number of rotatable bonds is 4. The second-order valence-corrected chi connectivity index (χ2v) is 5.32. The van der Waals surface area contributed by atoms with E-state index in [-0.39, 0.29) is 12.8 Å². The van der Waals surface area contributed by atoms with Gasteiger partial charge in [0.25, 0.3) is 0 Å². The normalized spacial score (nSPS) is 14.4. The van der Waals surface area contributed by atoms with Crippen molar-refractivity contribution in [3.8, 4) is 11.5 Å². The quantitative estimate of drug-likeness (QED) is 0.906. The van der Waals surface area contributed by atoms with Gasteiger partial charge in [-0.05, 0) is 12.1 Å². The number of hydrogen-bond acceptors (Lipinski definition) is 3. The molecule has 5 nitrogen and oxygen atoms in total. The SMILES string of the molecule is O=C(O)CC1(CC(=O)O)c2ccccc2Oc2ccccc21. The molecule has 5 heteroatoms. The van der Waals surface area contributed by atoms with E-state index >= 15 is 0 Å². The number of carbonyl (C=O) groups is 2. The third-order valence-electron chi connectivity index (χ3n) is 3.93. The molecule has 2 N–H and O–H groups in total. The predicted octanol–water partition coefficient (Wildman–Crippen LogP) is 3.03. The minimum Gasteiger partial charge on any atom is -0.481 e. The van der Waals surface area contributed by atoms with Gasteiger partial charge in [0.15, 0.2) is 0 Å². The molecule has 2 aromatic carbocycles. The first-order valence-electron chi connectivity index (χ1n) is 6.83. The summed E-state index contributed by atoms with van der Waals surface area (Å²) in [6.45, 7) is 0. The Morgan fingerprint density at radius 3 is 1.64 bits per heavy atom. The van der Waals surface area contributed by atoms with Crippen LogP contribution in [0.3, 0.4) is 0 Å². The van der Waals surface area contributed by atoms with Crippen LogP contribution in [0.1, 0.15) is 24.0 Å². The molecule has 0 saturated heterocycles. The standard InChI is InChI=1S/C17H14O5/c18-15(19)9-17(10-16(20)21)11-5-1-3-7-13(11)22-14-8-4-2-6-12(14)17/h1-8H,9-10H2,(H,18,19)(H,20,21). The van der Waals surface area contributed by atoms with Gasteiger partial charge in [-0.1, -0.05) is 36.4 Å². The third-order valence-corrected chi connectivity index (χ3v) is 3.93. The van der Waals surface area contributed by atoms with Crippen LogP contribution < -0.4 is 4.74 Å². The van der Waals surface area contributed by atoms with E-state index in [9.17, 15) is 19.8 Å². The second kappa shape index (κ2) is 5.18. The number of benzene rings is 2. The number of fused-ring (bicyclic) bond motifs is 2. The molecule has 0 aromatic heterocycles. The molecule has 0 atom stereocenters. The van der Waals surface area contributed by atoms with E-state index in [4.69, 9.17) is 4.74 Å². The maximum atomic E-state index is 11.4. The summed E-state index contributed by atoms with van der Waals surface area (Å²) >= 11 is 0. The molecule has 0 bridgehead atoms. The second-order valence-electron chi connectivity index (χ2n) is 5.32. The number of carboxylic acid groups (broad SMARTS) is 2. The highest BCUT2D eigenvalue weighted by Gasteiger charge is 2.45. The fourth-order valence-corrected chi connectivity index (χ4v) is 3.13. The van der Waals surface area contributed by atoms with Crippen molar-refractivity contribution in [2.45, 2.75) is 18.3 Å². The Labute approximate surface area is 126 Å². The number of para-hydroxylation sites is 2. The molecule has 1 heterocycles. The number of ether oxygens (including phenoxy) is 1. The van der Waals surface area contributed by atoms with Crippen molar-refractivity contribution in [2.24, 2.45) is 0 Å². The van der Waals surface area contributed by atoms with Crippen LogP contribution in [0.4, 0.5) is 0 Å². The zero-order valence-electron chi connectivity index (χ0n) is 11.7. The first-order valence-corrected chi connectivity index (χ1v) is 6.83. The van der Waals surface area contributed by atoms with Gasteiger partial charge in [0, 0.05) is 16.5 Å². The molecular weight excluding hydrogens is 284 g/mol. The minimum absolute atomic E-state index is 0.309. The zero-order chi connectivity index (χ0) is 15.7. The van der Waals surface area contributed by atoms with Gasteiger partial charge >= 0.3 is 11.9 Å². The molecule has 1 aliphatic rings. The Bertz CT molecular complexity index is 687. The first kappa shape index (κ1) is 14.1. The van der Waals surface area contributed by atoms with E-state index in [1.165, 1.54) is 0 Å². The summed E-state index contributed by atoms with van der Waals surface area (Å²) in [6, 6.07) is 14.0. The Balaban J connectivity index is 2.30. The summed E-state index contributed by atoms with van der Waals surface area (Å²) in [4.78, 5) is 22.9. The summed E-state index contributed by atoms with van der Waals surface area (Å²) in [7, 11) is 0. The average molecular weight is 298 g/mol. The molecule has 0 unspecified atom stereocenters. The smallest absolute Gasteiger partial charge is 0.304 e. The van der Waals surface area contributed by atoms with E-state index in [2.05, 4.69) is 0 Å². The highest BCUT2D eigenvalue weighted by atomic mass is 16.5. The lowest BCUT2D eigenvalue weighted by molar-refractivity contribution is -0.140. The summed E-state index contributed by atoms with van der Waals surface area (Å²) in [6.07, 6.45) is -0.618. The van der Waals surface area contributed by atoms with Crippen LogP contribution in [0.5, 0.6) is 11.5 Å². The number of aliphatic carboxylic acids is 2. The number of carboxylic acids is 2. The van der Waals surface area contributed by atoms with Crippen molar-refractivity contribution in [2.75, 3.05) is 0 Å². The Morgan fingerprint density at radius 1 is 0.818 bits per heavy atom. The fraction of sp³-hybridized carbons (Fsp3) is 0.176. The van der Waals surface area contributed by atoms with E-state index in [0.717, 1.165) is 0 Å². The van der Waals surface area contributed by atoms with Gasteiger partial charge in [-0.25, -0.2) is 0 Å². The molecular formula is C17H14O5. The zero-order valence-corrected chi connectivity index (χ0v) is 11.7. The van der Waals surface area contributed by atoms with Gasteiger partial charge in [0.1, 0.15) is 11.5 Å².